The molecule has 9 nitrogen and oxygen atoms in total. The Morgan fingerprint density at radius 3 is 2.60 bits per heavy atom. The van der Waals surface area contributed by atoms with E-state index < -0.39 is 17.2 Å². The van der Waals surface area contributed by atoms with Gasteiger partial charge in [0, 0.05) is 25.8 Å². The Morgan fingerprint density at radius 2 is 1.97 bits per heavy atom. The highest BCUT2D eigenvalue weighted by Gasteiger charge is 2.36. The van der Waals surface area contributed by atoms with Crippen LogP contribution in [0.1, 0.15) is 49.7 Å². The number of anilines is 1. The van der Waals surface area contributed by atoms with E-state index in [0.29, 0.717) is 42.2 Å². The molecule has 1 saturated heterocycles. The monoisotopic (exact) mass is 476 g/mol. The zero-order valence-electron chi connectivity index (χ0n) is 20.6. The number of H-pyrrole nitrogens is 1. The van der Waals surface area contributed by atoms with E-state index in [9.17, 15) is 14.7 Å². The molecule has 1 aromatic carbocycles. The summed E-state index contributed by atoms with van der Waals surface area (Å²) in [7, 11) is 0. The molecule has 1 aliphatic heterocycles. The third-order valence-electron chi connectivity index (χ3n) is 6.39. The van der Waals surface area contributed by atoms with E-state index in [2.05, 4.69) is 26.8 Å². The van der Waals surface area contributed by atoms with Gasteiger partial charge in [0.25, 0.3) is 5.91 Å². The van der Waals surface area contributed by atoms with Crippen LogP contribution in [0.4, 0.5) is 5.82 Å². The fourth-order valence-corrected chi connectivity index (χ4v) is 4.60. The van der Waals surface area contributed by atoms with Crippen molar-refractivity contribution in [2.45, 2.75) is 44.9 Å². The van der Waals surface area contributed by atoms with Gasteiger partial charge in [0.1, 0.15) is 11.3 Å². The minimum Gasteiger partial charge on any atom is -0.388 e. The Balaban J connectivity index is 1.61. The summed E-state index contributed by atoms with van der Waals surface area (Å²) >= 11 is 0. The van der Waals surface area contributed by atoms with Gasteiger partial charge in [-0.25, -0.2) is 9.97 Å². The van der Waals surface area contributed by atoms with Crippen molar-refractivity contribution in [2.24, 2.45) is 0 Å². The fourth-order valence-electron chi connectivity index (χ4n) is 4.60. The SMILES string of the molecule is C=CC(=O)N1CCN(c2cnc3[nH]cc(C(=O)N[C@@H](c4ccccc4)C(C)(C)O)c3n2)CC1(C)C. The summed E-state index contributed by atoms with van der Waals surface area (Å²) in [5.41, 5.74) is 0.485. The molecule has 4 rings (SSSR count). The van der Waals surface area contributed by atoms with Gasteiger partial charge in [-0.1, -0.05) is 36.9 Å². The second-order valence-electron chi connectivity index (χ2n) is 10.0. The Kier molecular flexibility index (Phi) is 6.38. The fraction of sp³-hybridized carbons (Fsp3) is 0.385. The average molecular weight is 477 g/mol. The lowest BCUT2D eigenvalue weighted by Crippen LogP contribution is -2.61. The van der Waals surface area contributed by atoms with Crippen LogP contribution in [-0.2, 0) is 4.79 Å². The lowest BCUT2D eigenvalue weighted by molar-refractivity contribution is -0.131. The summed E-state index contributed by atoms with van der Waals surface area (Å²) in [6.07, 6.45) is 4.59. The van der Waals surface area contributed by atoms with Gasteiger partial charge in [-0.05, 0) is 39.3 Å². The molecule has 3 aromatic rings. The topological polar surface area (TPSA) is 114 Å². The van der Waals surface area contributed by atoms with Gasteiger partial charge >= 0.3 is 0 Å². The normalized spacial score (nSPS) is 16.7. The Bertz CT molecular complexity index is 1240. The molecule has 0 saturated carbocycles. The molecular formula is C26H32N6O3. The van der Waals surface area contributed by atoms with Crippen molar-refractivity contribution < 1.29 is 14.7 Å². The van der Waals surface area contributed by atoms with Crippen LogP contribution in [0.3, 0.4) is 0 Å². The van der Waals surface area contributed by atoms with Gasteiger partial charge in [-0.15, -0.1) is 0 Å². The second-order valence-corrected chi connectivity index (χ2v) is 10.0. The van der Waals surface area contributed by atoms with Crippen LogP contribution in [-0.4, -0.2) is 67.5 Å². The molecule has 9 heteroatoms. The molecule has 2 aromatic heterocycles. The Morgan fingerprint density at radius 1 is 1.26 bits per heavy atom. The number of amides is 2. The highest BCUT2D eigenvalue weighted by Crippen LogP contribution is 2.28. The van der Waals surface area contributed by atoms with Crippen molar-refractivity contribution in [3.8, 4) is 0 Å². The number of carbonyl (C=O) groups is 2. The minimum atomic E-state index is -1.19. The maximum atomic E-state index is 13.3. The number of benzene rings is 1. The van der Waals surface area contributed by atoms with Gasteiger partial charge < -0.3 is 25.2 Å². The summed E-state index contributed by atoms with van der Waals surface area (Å²) in [5, 5.41) is 13.7. The number of aromatic nitrogens is 3. The molecule has 35 heavy (non-hydrogen) atoms. The van der Waals surface area contributed by atoms with Crippen LogP contribution in [0.5, 0.6) is 0 Å². The van der Waals surface area contributed by atoms with Gasteiger partial charge in [0.2, 0.25) is 5.91 Å². The van der Waals surface area contributed by atoms with Gasteiger partial charge in [-0.2, -0.15) is 0 Å². The molecule has 1 fully saturated rings. The van der Waals surface area contributed by atoms with E-state index >= 15 is 0 Å². The van der Waals surface area contributed by atoms with Crippen LogP contribution in [0.15, 0.2) is 55.4 Å². The third-order valence-corrected chi connectivity index (χ3v) is 6.39. The van der Waals surface area contributed by atoms with Crippen molar-refractivity contribution in [3.05, 3.63) is 66.5 Å². The number of aromatic amines is 1. The van der Waals surface area contributed by atoms with E-state index in [1.165, 1.54) is 6.08 Å². The van der Waals surface area contributed by atoms with Crippen LogP contribution < -0.4 is 10.2 Å². The standard InChI is InChI=1S/C26H32N6O3/c1-6-20(33)32-13-12-31(16-25(32,2)3)19-15-28-23-21(29-19)18(14-27-23)24(34)30-22(26(4,5)35)17-10-8-7-9-11-17/h6-11,14-15,22,35H,1,12-13,16H2,2-5H3,(H,27,28)(H,30,34)/t22-/m0/s1. The second kappa shape index (κ2) is 9.14. The molecule has 0 unspecified atom stereocenters. The third kappa shape index (κ3) is 4.90. The lowest BCUT2D eigenvalue weighted by Gasteiger charge is -2.47. The largest absolute Gasteiger partial charge is 0.388 e. The number of piperazine rings is 1. The molecule has 1 atom stereocenters. The van der Waals surface area contributed by atoms with Crippen molar-refractivity contribution in [1.82, 2.24) is 25.2 Å². The van der Waals surface area contributed by atoms with Gasteiger partial charge in [0.15, 0.2) is 5.65 Å². The Labute approximate surface area is 204 Å². The van der Waals surface area contributed by atoms with Crippen molar-refractivity contribution in [1.29, 1.82) is 0 Å². The lowest BCUT2D eigenvalue weighted by atomic mass is 9.91. The first kappa shape index (κ1) is 24.4. The van der Waals surface area contributed by atoms with E-state index in [0.717, 1.165) is 5.56 Å². The number of fused-ring (bicyclic) bond motifs is 1. The first-order valence-corrected chi connectivity index (χ1v) is 11.6. The summed E-state index contributed by atoms with van der Waals surface area (Å²) in [4.78, 5) is 41.7. The molecule has 0 aliphatic carbocycles. The summed E-state index contributed by atoms with van der Waals surface area (Å²) in [6.45, 7) is 12.6. The number of aliphatic hydroxyl groups is 1. The van der Waals surface area contributed by atoms with E-state index in [1.807, 2.05) is 44.2 Å². The number of rotatable bonds is 6. The molecule has 0 spiro atoms. The van der Waals surface area contributed by atoms with Crippen molar-refractivity contribution >= 4 is 28.8 Å². The number of carbonyl (C=O) groups excluding carboxylic acids is 2. The quantitative estimate of drug-likeness (QED) is 0.472. The van der Waals surface area contributed by atoms with E-state index in [-0.39, 0.29) is 11.8 Å². The molecule has 1 aliphatic rings. The molecule has 3 heterocycles. The predicted octanol–water partition coefficient (Wildman–Crippen LogP) is 2.81. The zero-order chi connectivity index (χ0) is 25.4. The van der Waals surface area contributed by atoms with Crippen LogP contribution in [0, 0.1) is 0 Å². The van der Waals surface area contributed by atoms with Crippen molar-refractivity contribution in [3.63, 3.8) is 0 Å². The van der Waals surface area contributed by atoms with Crippen molar-refractivity contribution in [2.75, 3.05) is 24.5 Å². The number of hydrogen-bond acceptors (Lipinski definition) is 6. The molecule has 184 valence electrons. The number of nitrogens with one attached hydrogen (secondary N) is 2. The highest BCUT2D eigenvalue weighted by atomic mass is 16.3. The molecule has 3 N–H and O–H groups in total. The molecule has 0 bridgehead atoms. The summed E-state index contributed by atoms with van der Waals surface area (Å²) < 4.78 is 0. The molecular weight excluding hydrogens is 444 g/mol. The van der Waals surface area contributed by atoms with Crippen LogP contribution in [0.25, 0.3) is 11.2 Å². The maximum Gasteiger partial charge on any atom is 0.255 e. The minimum absolute atomic E-state index is 0.0967. The number of nitrogens with zero attached hydrogens (tertiary/aromatic N) is 4. The van der Waals surface area contributed by atoms with E-state index in [1.54, 1.807) is 31.1 Å². The smallest absolute Gasteiger partial charge is 0.255 e. The summed E-state index contributed by atoms with van der Waals surface area (Å²) in [6, 6.07) is 8.75. The van der Waals surface area contributed by atoms with Crippen LogP contribution in [0.2, 0.25) is 0 Å². The Hall–Kier alpha value is -3.72. The zero-order valence-corrected chi connectivity index (χ0v) is 20.6. The van der Waals surface area contributed by atoms with Gasteiger partial charge in [-0.3, -0.25) is 9.59 Å². The highest BCUT2D eigenvalue weighted by molar-refractivity contribution is 6.04. The molecule has 2 amide bonds. The van der Waals surface area contributed by atoms with Gasteiger partial charge in [0.05, 0.1) is 28.9 Å². The number of hydrogen-bond donors (Lipinski definition) is 3. The summed E-state index contributed by atoms with van der Waals surface area (Å²) in [5.74, 6) is 0.174. The van der Waals surface area contributed by atoms with Crippen LogP contribution >= 0.6 is 0 Å². The first-order valence-electron chi connectivity index (χ1n) is 11.6. The molecule has 0 radical (unpaired) electrons. The maximum absolute atomic E-state index is 13.3. The average Bonchev–Trinajstić information content (AvgIpc) is 3.24. The van der Waals surface area contributed by atoms with E-state index in [4.69, 9.17) is 4.98 Å². The predicted molar refractivity (Wildman–Crippen MR) is 135 cm³/mol. The first-order chi connectivity index (χ1) is 16.5.